The van der Waals surface area contributed by atoms with Crippen LogP contribution < -0.4 is 0 Å². The van der Waals surface area contributed by atoms with Gasteiger partial charge in [0.1, 0.15) is 5.78 Å². The Morgan fingerprint density at radius 1 is 0.654 bits per heavy atom. The Kier molecular flexibility index (Phi) is 6.10. The number of hydrogen-bond donors (Lipinski definition) is 0. The third kappa shape index (κ3) is 5.34. The van der Waals surface area contributed by atoms with Crippen LogP contribution in [-0.2, 0) is 4.79 Å². The van der Waals surface area contributed by atoms with E-state index in [9.17, 15) is 31.1 Å². The number of Topliss-reactive ketones (excluding diaryl/α,β-unsaturated/α-hetero) is 1. The maximum absolute atomic E-state index is 13.3. The first kappa shape index (κ1) is 20.0. The second kappa shape index (κ2) is 7.93. The van der Waals surface area contributed by atoms with Gasteiger partial charge in [-0.2, -0.15) is 26.3 Å². The quantitative estimate of drug-likeness (QED) is 0.565. The predicted octanol–water partition coefficient (Wildman–Crippen LogP) is 6.03. The van der Waals surface area contributed by atoms with Crippen molar-refractivity contribution in [1.29, 1.82) is 0 Å². The van der Waals surface area contributed by atoms with Gasteiger partial charge in [0.15, 0.2) is 0 Å². The summed E-state index contributed by atoms with van der Waals surface area (Å²) in [5, 5.41) is 0. The van der Waals surface area contributed by atoms with Gasteiger partial charge >= 0.3 is 12.4 Å². The van der Waals surface area contributed by atoms with E-state index in [1.807, 2.05) is 0 Å². The van der Waals surface area contributed by atoms with Gasteiger partial charge in [0, 0.05) is 12.8 Å². The Bertz CT molecular complexity index is 645. The molecular formula is C19H16F6O. The number of carbonyl (C=O) groups is 1. The third-order valence-corrected chi connectivity index (χ3v) is 4.06. The third-order valence-electron chi connectivity index (χ3n) is 4.06. The molecule has 2 atom stereocenters. The van der Waals surface area contributed by atoms with Gasteiger partial charge in [-0.1, -0.05) is 60.7 Å². The van der Waals surface area contributed by atoms with E-state index in [4.69, 9.17) is 0 Å². The molecule has 0 heterocycles. The average Bonchev–Trinajstić information content (AvgIpc) is 2.57. The maximum Gasteiger partial charge on any atom is 0.396 e. The molecular weight excluding hydrogens is 358 g/mol. The molecule has 0 aliphatic carbocycles. The molecule has 0 spiro atoms. The summed E-state index contributed by atoms with van der Waals surface area (Å²) in [6.45, 7) is 0. The van der Waals surface area contributed by atoms with Crippen LogP contribution in [0.25, 0.3) is 0 Å². The van der Waals surface area contributed by atoms with Gasteiger partial charge in [0.25, 0.3) is 0 Å². The first-order chi connectivity index (χ1) is 12.1. The van der Waals surface area contributed by atoms with Gasteiger partial charge < -0.3 is 0 Å². The SMILES string of the molecule is O=C(CC(c1ccccc1)C(F)(F)F)CC(c1ccccc1)C(F)(F)F. The van der Waals surface area contributed by atoms with Crippen LogP contribution in [0.2, 0.25) is 0 Å². The second-order valence-electron chi connectivity index (χ2n) is 5.96. The summed E-state index contributed by atoms with van der Waals surface area (Å²) < 4.78 is 79.7. The van der Waals surface area contributed by atoms with Gasteiger partial charge in [-0.15, -0.1) is 0 Å². The molecule has 0 aliphatic rings. The van der Waals surface area contributed by atoms with Crippen molar-refractivity contribution in [2.24, 2.45) is 0 Å². The molecule has 26 heavy (non-hydrogen) atoms. The van der Waals surface area contributed by atoms with E-state index in [0.717, 1.165) is 0 Å². The Morgan fingerprint density at radius 3 is 1.23 bits per heavy atom. The Morgan fingerprint density at radius 2 is 0.962 bits per heavy atom. The zero-order valence-corrected chi connectivity index (χ0v) is 13.5. The summed E-state index contributed by atoms with van der Waals surface area (Å²) >= 11 is 0. The molecule has 0 aliphatic heterocycles. The summed E-state index contributed by atoms with van der Waals surface area (Å²) in [6, 6.07) is 13.5. The number of rotatable bonds is 6. The lowest BCUT2D eigenvalue weighted by Gasteiger charge is -2.23. The Hall–Kier alpha value is -2.31. The lowest BCUT2D eigenvalue weighted by Crippen LogP contribution is -2.27. The van der Waals surface area contributed by atoms with E-state index in [2.05, 4.69) is 0 Å². The van der Waals surface area contributed by atoms with Gasteiger partial charge in [-0.05, 0) is 11.1 Å². The highest BCUT2D eigenvalue weighted by Gasteiger charge is 2.45. The average molecular weight is 374 g/mol. The smallest absolute Gasteiger partial charge is 0.300 e. The summed E-state index contributed by atoms with van der Waals surface area (Å²) in [5.74, 6) is -5.33. The molecule has 0 radical (unpaired) electrons. The van der Waals surface area contributed by atoms with Crippen LogP contribution in [0, 0.1) is 0 Å². The fourth-order valence-electron chi connectivity index (χ4n) is 2.75. The predicted molar refractivity (Wildman–Crippen MR) is 84.7 cm³/mol. The minimum Gasteiger partial charge on any atom is -0.300 e. The number of carbonyl (C=O) groups excluding carboxylic acids is 1. The summed E-state index contributed by atoms with van der Waals surface area (Å²) in [6.07, 6.45) is -11.5. The lowest BCUT2D eigenvalue weighted by atomic mass is 9.87. The summed E-state index contributed by atoms with van der Waals surface area (Å²) in [7, 11) is 0. The summed E-state index contributed by atoms with van der Waals surface area (Å²) in [5.41, 5.74) is -0.284. The monoisotopic (exact) mass is 374 g/mol. The van der Waals surface area contributed by atoms with Crippen molar-refractivity contribution in [3.63, 3.8) is 0 Å². The Labute approximate surface area is 146 Å². The molecule has 2 aromatic rings. The van der Waals surface area contributed by atoms with Crippen molar-refractivity contribution in [2.75, 3.05) is 0 Å². The molecule has 2 aromatic carbocycles. The van der Waals surface area contributed by atoms with E-state index in [1.54, 1.807) is 0 Å². The molecule has 0 fully saturated rings. The highest BCUT2D eigenvalue weighted by atomic mass is 19.4. The fourth-order valence-corrected chi connectivity index (χ4v) is 2.75. The zero-order valence-electron chi connectivity index (χ0n) is 13.5. The number of ketones is 1. The van der Waals surface area contributed by atoms with E-state index >= 15 is 0 Å². The van der Waals surface area contributed by atoms with E-state index in [0.29, 0.717) is 0 Å². The van der Waals surface area contributed by atoms with Gasteiger partial charge in [0.05, 0.1) is 11.8 Å². The summed E-state index contributed by atoms with van der Waals surface area (Å²) in [4.78, 5) is 12.1. The highest BCUT2D eigenvalue weighted by molar-refractivity contribution is 5.80. The molecule has 2 unspecified atom stereocenters. The molecule has 140 valence electrons. The molecule has 7 heteroatoms. The maximum atomic E-state index is 13.3. The van der Waals surface area contributed by atoms with Gasteiger partial charge in [-0.25, -0.2) is 0 Å². The fraction of sp³-hybridized carbons (Fsp3) is 0.316. The molecule has 2 rings (SSSR count). The Balaban J connectivity index is 2.21. The molecule has 0 amide bonds. The standard InChI is InChI=1S/C19H16F6O/c20-18(21,22)16(13-7-3-1-4-8-13)11-15(26)12-17(19(23,24)25)14-9-5-2-6-10-14/h1-10,16-17H,11-12H2. The molecule has 0 saturated carbocycles. The number of halogens is 6. The van der Waals surface area contributed by atoms with Crippen LogP contribution in [0.3, 0.4) is 0 Å². The highest BCUT2D eigenvalue weighted by Crippen LogP contribution is 2.41. The zero-order chi connectivity index (χ0) is 19.4. The molecule has 0 saturated heterocycles. The van der Waals surface area contributed by atoms with Gasteiger partial charge in [0.2, 0.25) is 0 Å². The van der Waals surface area contributed by atoms with Crippen LogP contribution in [0.15, 0.2) is 60.7 Å². The van der Waals surface area contributed by atoms with Crippen molar-refractivity contribution in [1.82, 2.24) is 0 Å². The largest absolute Gasteiger partial charge is 0.396 e. The van der Waals surface area contributed by atoms with Crippen LogP contribution in [-0.4, -0.2) is 18.1 Å². The number of alkyl halides is 6. The van der Waals surface area contributed by atoms with Crippen molar-refractivity contribution < 1.29 is 31.1 Å². The minimum absolute atomic E-state index is 0.142. The van der Waals surface area contributed by atoms with Crippen molar-refractivity contribution in [2.45, 2.75) is 37.0 Å². The number of benzene rings is 2. The number of hydrogen-bond acceptors (Lipinski definition) is 1. The second-order valence-corrected chi connectivity index (χ2v) is 5.96. The van der Waals surface area contributed by atoms with E-state index in [1.165, 1.54) is 60.7 Å². The van der Waals surface area contributed by atoms with Crippen LogP contribution in [0.5, 0.6) is 0 Å². The minimum atomic E-state index is -4.72. The van der Waals surface area contributed by atoms with E-state index in [-0.39, 0.29) is 11.1 Å². The van der Waals surface area contributed by atoms with Gasteiger partial charge in [-0.3, -0.25) is 4.79 Å². The first-order valence-corrected chi connectivity index (χ1v) is 7.84. The normalized spacial score (nSPS) is 14.7. The molecule has 0 aromatic heterocycles. The van der Waals surface area contributed by atoms with Crippen LogP contribution in [0.4, 0.5) is 26.3 Å². The first-order valence-electron chi connectivity index (χ1n) is 7.84. The molecule has 0 bridgehead atoms. The van der Waals surface area contributed by atoms with E-state index < -0.39 is 42.8 Å². The van der Waals surface area contributed by atoms with Crippen LogP contribution >= 0.6 is 0 Å². The van der Waals surface area contributed by atoms with Crippen molar-refractivity contribution in [3.8, 4) is 0 Å². The van der Waals surface area contributed by atoms with Crippen LogP contribution in [0.1, 0.15) is 35.8 Å². The lowest BCUT2D eigenvalue weighted by molar-refractivity contribution is -0.163. The van der Waals surface area contributed by atoms with Crippen molar-refractivity contribution >= 4 is 5.78 Å². The molecule has 1 nitrogen and oxygen atoms in total. The van der Waals surface area contributed by atoms with Crippen molar-refractivity contribution in [3.05, 3.63) is 71.8 Å². The molecule has 0 N–H and O–H groups in total. The topological polar surface area (TPSA) is 17.1 Å².